The molecule has 21 heavy (non-hydrogen) atoms. The molecule has 1 unspecified atom stereocenters. The molecule has 0 aliphatic heterocycles. The minimum Gasteiger partial charge on any atom is -0.365 e. The summed E-state index contributed by atoms with van der Waals surface area (Å²) in [4.78, 5) is 2.52. The van der Waals surface area contributed by atoms with Crippen molar-refractivity contribution in [2.45, 2.75) is 38.6 Å². The average molecular weight is 282 g/mol. The molecule has 2 aromatic rings. The molecule has 2 nitrogen and oxygen atoms in total. The maximum absolute atomic E-state index is 6.20. The Labute approximate surface area is 127 Å². The highest BCUT2D eigenvalue weighted by Crippen LogP contribution is 2.41. The molecule has 0 saturated heterocycles. The predicted octanol–water partition coefficient (Wildman–Crippen LogP) is 4.18. The first-order valence-electron chi connectivity index (χ1n) is 8.13. The predicted molar refractivity (Wildman–Crippen MR) is 91.8 cm³/mol. The fourth-order valence-corrected chi connectivity index (χ4v) is 3.53. The van der Waals surface area contributed by atoms with Crippen molar-refractivity contribution in [3.8, 4) is 0 Å². The molecule has 0 aromatic heterocycles. The van der Waals surface area contributed by atoms with Gasteiger partial charge < -0.3 is 10.6 Å². The topological polar surface area (TPSA) is 29.3 Å². The summed E-state index contributed by atoms with van der Waals surface area (Å²) in [5.41, 5.74) is 7.58. The van der Waals surface area contributed by atoms with Crippen LogP contribution in [0.2, 0.25) is 0 Å². The number of anilines is 1. The van der Waals surface area contributed by atoms with Crippen LogP contribution in [-0.4, -0.2) is 18.6 Å². The quantitative estimate of drug-likeness (QED) is 0.861. The lowest BCUT2D eigenvalue weighted by Gasteiger charge is -2.43. The van der Waals surface area contributed by atoms with E-state index in [-0.39, 0.29) is 5.54 Å². The second-order valence-corrected chi connectivity index (χ2v) is 6.59. The Hall–Kier alpha value is -1.54. The number of nitrogens with zero attached hydrogens (tertiary/aromatic N) is 1. The zero-order valence-corrected chi connectivity index (χ0v) is 13.2. The summed E-state index contributed by atoms with van der Waals surface area (Å²) < 4.78 is 0. The normalized spacial score (nSPS) is 17.7. The SMILES string of the molecule is CCN(c1cccc2ccccc12)C(C)(CN)CC1CC1. The third-order valence-corrected chi connectivity index (χ3v) is 4.89. The molecule has 1 aliphatic carbocycles. The second kappa shape index (κ2) is 5.69. The van der Waals surface area contributed by atoms with Gasteiger partial charge in [0, 0.05) is 29.7 Å². The number of nitrogens with two attached hydrogens (primary N) is 1. The molecule has 112 valence electrons. The van der Waals surface area contributed by atoms with E-state index in [1.54, 1.807) is 0 Å². The first-order valence-corrected chi connectivity index (χ1v) is 8.13. The molecule has 0 amide bonds. The number of benzene rings is 2. The lowest BCUT2D eigenvalue weighted by atomic mass is 9.91. The van der Waals surface area contributed by atoms with Gasteiger partial charge in [-0.1, -0.05) is 49.2 Å². The maximum Gasteiger partial charge on any atom is 0.0498 e. The zero-order chi connectivity index (χ0) is 14.9. The van der Waals surface area contributed by atoms with E-state index < -0.39 is 0 Å². The van der Waals surface area contributed by atoms with Crippen LogP contribution in [0.4, 0.5) is 5.69 Å². The highest BCUT2D eigenvalue weighted by Gasteiger charge is 2.36. The highest BCUT2D eigenvalue weighted by molar-refractivity contribution is 5.94. The Morgan fingerprint density at radius 2 is 1.86 bits per heavy atom. The van der Waals surface area contributed by atoms with E-state index in [4.69, 9.17) is 5.73 Å². The van der Waals surface area contributed by atoms with Crippen LogP contribution in [0.5, 0.6) is 0 Å². The van der Waals surface area contributed by atoms with Crippen molar-refractivity contribution < 1.29 is 0 Å². The summed E-state index contributed by atoms with van der Waals surface area (Å²) in [5.74, 6) is 0.877. The van der Waals surface area contributed by atoms with Crippen molar-refractivity contribution in [1.29, 1.82) is 0 Å². The molecule has 0 radical (unpaired) electrons. The monoisotopic (exact) mass is 282 g/mol. The number of rotatable bonds is 6. The smallest absolute Gasteiger partial charge is 0.0498 e. The van der Waals surface area contributed by atoms with E-state index in [1.165, 1.54) is 35.7 Å². The summed E-state index contributed by atoms with van der Waals surface area (Å²) in [6, 6.07) is 15.2. The minimum atomic E-state index is 0.0556. The summed E-state index contributed by atoms with van der Waals surface area (Å²) in [6.45, 7) is 6.27. The molecule has 2 N–H and O–H groups in total. The van der Waals surface area contributed by atoms with E-state index in [2.05, 4.69) is 61.2 Å². The van der Waals surface area contributed by atoms with Crippen molar-refractivity contribution in [2.24, 2.45) is 11.7 Å². The summed E-state index contributed by atoms with van der Waals surface area (Å²) in [6.07, 6.45) is 3.96. The zero-order valence-electron chi connectivity index (χ0n) is 13.2. The van der Waals surface area contributed by atoms with Gasteiger partial charge in [0.1, 0.15) is 0 Å². The van der Waals surface area contributed by atoms with Crippen LogP contribution in [0.15, 0.2) is 42.5 Å². The van der Waals surface area contributed by atoms with Gasteiger partial charge in [0.15, 0.2) is 0 Å². The first kappa shape index (κ1) is 14.4. The molecular weight excluding hydrogens is 256 g/mol. The molecule has 1 aliphatic rings. The Morgan fingerprint density at radius 3 is 2.52 bits per heavy atom. The third kappa shape index (κ3) is 2.77. The van der Waals surface area contributed by atoms with Gasteiger partial charge in [-0.05, 0) is 37.6 Å². The number of fused-ring (bicyclic) bond motifs is 1. The number of likely N-dealkylation sites (N-methyl/N-ethyl adjacent to an activating group) is 1. The third-order valence-electron chi connectivity index (χ3n) is 4.89. The maximum atomic E-state index is 6.20. The summed E-state index contributed by atoms with van der Waals surface area (Å²) in [7, 11) is 0. The molecule has 2 aromatic carbocycles. The van der Waals surface area contributed by atoms with Gasteiger partial charge in [0.2, 0.25) is 0 Å². The van der Waals surface area contributed by atoms with Gasteiger partial charge in [-0.3, -0.25) is 0 Å². The Balaban J connectivity index is 2.04. The van der Waals surface area contributed by atoms with Gasteiger partial charge in [-0.25, -0.2) is 0 Å². The molecule has 1 fully saturated rings. The van der Waals surface area contributed by atoms with Crippen LogP contribution in [0, 0.1) is 5.92 Å². The van der Waals surface area contributed by atoms with Gasteiger partial charge >= 0.3 is 0 Å². The van der Waals surface area contributed by atoms with Crippen molar-refractivity contribution in [1.82, 2.24) is 0 Å². The Bertz CT molecular complexity index is 612. The van der Waals surface area contributed by atoms with Crippen molar-refractivity contribution in [2.75, 3.05) is 18.0 Å². The highest BCUT2D eigenvalue weighted by atomic mass is 15.2. The molecule has 0 heterocycles. The van der Waals surface area contributed by atoms with Gasteiger partial charge in [-0.2, -0.15) is 0 Å². The van der Waals surface area contributed by atoms with E-state index in [0.29, 0.717) is 6.54 Å². The first-order chi connectivity index (χ1) is 10.2. The minimum absolute atomic E-state index is 0.0556. The van der Waals surface area contributed by atoms with Gasteiger partial charge in [0.25, 0.3) is 0 Å². The number of hydrogen-bond acceptors (Lipinski definition) is 2. The molecular formula is C19H26N2. The lowest BCUT2D eigenvalue weighted by molar-refractivity contribution is 0.384. The van der Waals surface area contributed by atoms with Crippen molar-refractivity contribution >= 4 is 16.5 Å². The van der Waals surface area contributed by atoms with Crippen LogP contribution in [-0.2, 0) is 0 Å². The van der Waals surface area contributed by atoms with Crippen LogP contribution < -0.4 is 10.6 Å². The summed E-state index contributed by atoms with van der Waals surface area (Å²) in [5, 5.41) is 2.64. The second-order valence-electron chi connectivity index (χ2n) is 6.59. The van der Waals surface area contributed by atoms with E-state index in [0.717, 1.165) is 12.5 Å². The average Bonchev–Trinajstić information content (AvgIpc) is 3.32. The van der Waals surface area contributed by atoms with E-state index in [9.17, 15) is 0 Å². The molecule has 0 spiro atoms. The van der Waals surface area contributed by atoms with Gasteiger partial charge in [0.05, 0.1) is 0 Å². The van der Waals surface area contributed by atoms with Crippen molar-refractivity contribution in [3.05, 3.63) is 42.5 Å². The summed E-state index contributed by atoms with van der Waals surface area (Å²) >= 11 is 0. The fourth-order valence-electron chi connectivity index (χ4n) is 3.53. The molecule has 3 rings (SSSR count). The van der Waals surface area contributed by atoms with E-state index in [1.807, 2.05) is 0 Å². The molecule has 1 saturated carbocycles. The molecule has 1 atom stereocenters. The van der Waals surface area contributed by atoms with Crippen LogP contribution in [0.3, 0.4) is 0 Å². The van der Waals surface area contributed by atoms with Crippen LogP contribution in [0.1, 0.15) is 33.1 Å². The number of hydrogen-bond donors (Lipinski definition) is 1. The Kier molecular flexibility index (Phi) is 3.90. The van der Waals surface area contributed by atoms with Crippen LogP contribution in [0.25, 0.3) is 10.8 Å². The largest absolute Gasteiger partial charge is 0.365 e. The van der Waals surface area contributed by atoms with Crippen LogP contribution >= 0.6 is 0 Å². The lowest BCUT2D eigenvalue weighted by Crippen LogP contribution is -2.52. The van der Waals surface area contributed by atoms with Gasteiger partial charge in [-0.15, -0.1) is 0 Å². The fraction of sp³-hybridized carbons (Fsp3) is 0.474. The molecule has 0 bridgehead atoms. The Morgan fingerprint density at radius 1 is 1.14 bits per heavy atom. The van der Waals surface area contributed by atoms with E-state index >= 15 is 0 Å². The molecule has 2 heteroatoms. The van der Waals surface area contributed by atoms with Crippen molar-refractivity contribution in [3.63, 3.8) is 0 Å². The standard InChI is InChI=1S/C19H26N2/c1-3-21(19(2,14-20)13-15-11-12-15)18-10-6-8-16-7-4-5-9-17(16)18/h4-10,15H,3,11-14,20H2,1-2H3.